The van der Waals surface area contributed by atoms with Gasteiger partial charge in [0.05, 0.1) is 12.0 Å². The van der Waals surface area contributed by atoms with E-state index in [-0.39, 0.29) is 29.7 Å². The largest absolute Gasteiger partial charge is 0.493 e. The average Bonchev–Trinajstić information content (AvgIpc) is 2.54. The molecule has 0 saturated heterocycles. The van der Waals surface area contributed by atoms with Crippen LogP contribution in [0.25, 0.3) is 0 Å². The molecule has 0 bridgehead atoms. The van der Waals surface area contributed by atoms with E-state index in [9.17, 15) is 4.79 Å². The summed E-state index contributed by atoms with van der Waals surface area (Å²) >= 11 is 6.17. The second-order valence-electron chi connectivity index (χ2n) is 6.27. The average molecular weight is 337 g/mol. The van der Waals surface area contributed by atoms with E-state index in [0.29, 0.717) is 5.75 Å². The topological polar surface area (TPSA) is 44.8 Å². The van der Waals surface area contributed by atoms with Crippen molar-refractivity contribution in [2.24, 2.45) is 5.92 Å². The van der Waals surface area contributed by atoms with Gasteiger partial charge in [-0.3, -0.25) is 4.79 Å². The Morgan fingerprint density at radius 2 is 1.91 bits per heavy atom. The van der Waals surface area contributed by atoms with Gasteiger partial charge >= 0.3 is 0 Å². The molecule has 2 aliphatic rings. The highest BCUT2D eigenvalue weighted by atomic mass is 35.5. The number of carbonyl (C=O) groups excluding carboxylic acids is 1. The lowest BCUT2D eigenvalue weighted by atomic mass is 9.80. The van der Waals surface area contributed by atoms with Crippen LogP contribution in [0.3, 0.4) is 0 Å². The van der Waals surface area contributed by atoms with Gasteiger partial charge in [0.25, 0.3) is 0 Å². The molecule has 1 heterocycles. The molecule has 4 nitrogen and oxygen atoms in total. The number of ether oxygens (including phenoxy) is 3. The first-order valence-corrected chi connectivity index (χ1v) is 8.24. The number of aryl methyl sites for hydroxylation is 2. The Bertz CT molecular complexity index is 629. The third-order valence-electron chi connectivity index (χ3n) is 4.64. The summed E-state index contributed by atoms with van der Waals surface area (Å²) in [5.41, 5.74) is 1.84. The molecule has 1 saturated carbocycles. The van der Waals surface area contributed by atoms with E-state index in [0.717, 1.165) is 35.4 Å². The number of fused-ring (bicyclic) bond motifs is 1. The molecule has 0 spiro atoms. The monoisotopic (exact) mass is 336 g/mol. The van der Waals surface area contributed by atoms with E-state index in [1.165, 1.54) is 6.26 Å². The molecule has 5 heteroatoms. The van der Waals surface area contributed by atoms with Crippen LogP contribution in [0.4, 0.5) is 0 Å². The molecule has 0 amide bonds. The minimum Gasteiger partial charge on any atom is -0.493 e. The maximum absolute atomic E-state index is 12.7. The molecule has 1 aromatic carbocycles. The fourth-order valence-corrected chi connectivity index (χ4v) is 3.42. The molecule has 23 heavy (non-hydrogen) atoms. The predicted molar refractivity (Wildman–Crippen MR) is 87.7 cm³/mol. The number of allylic oxidation sites excluding steroid dienone is 1. The summed E-state index contributed by atoms with van der Waals surface area (Å²) in [6.07, 6.45) is 3.89. The Morgan fingerprint density at radius 1 is 1.22 bits per heavy atom. The summed E-state index contributed by atoms with van der Waals surface area (Å²) in [5.74, 6) is 0.747. The number of Topliss-reactive ketones (excluding diaryl/α,β-unsaturated/α-hetero) is 1. The van der Waals surface area contributed by atoms with Crippen LogP contribution < -0.4 is 4.74 Å². The Balaban J connectivity index is 1.77. The highest BCUT2D eigenvalue weighted by molar-refractivity contribution is 6.32. The molecule has 1 aliphatic carbocycles. The normalized spacial score (nSPS) is 27.0. The lowest BCUT2D eigenvalue weighted by Crippen LogP contribution is -2.42. The molecule has 124 valence electrons. The van der Waals surface area contributed by atoms with Crippen molar-refractivity contribution in [1.82, 2.24) is 0 Å². The summed E-state index contributed by atoms with van der Waals surface area (Å²) < 4.78 is 16.9. The number of halogens is 1. The van der Waals surface area contributed by atoms with Crippen LogP contribution in [0.1, 0.15) is 30.4 Å². The molecule has 0 radical (unpaired) electrons. The number of hydrogen-bond acceptors (Lipinski definition) is 4. The van der Waals surface area contributed by atoms with Gasteiger partial charge in [-0.2, -0.15) is 0 Å². The fourth-order valence-electron chi connectivity index (χ4n) is 3.31. The number of ketones is 1. The van der Waals surface area contributed by atoms with Crippen LogP contribution in [0.5, 0.6) is 5.75 Å². The van der Waals surface area contributed by atoms with Crippen molar-refractivity contribution in [3.8, 4) is 5.75 Å². The minimum atomic E-state index is -0.143. The van der Waals surface area contributed by atoms with E-state index in [4.69, 9.17) is 25.8 Å². The van der Waals surface area contributed by atoms with Crippen molar-refractivity contribution < 1.29 is 19.0 Å². The fraction of sp³-hybridized carbons (Fsp3) is 0.500. The Hall–Kier alpha value is -1.52. The molecule has 3 atom stereocenters. The predicted octanol–water partition coefficient (Wildman–Crippen LogP) is 3.96. The number of carbonyl (C=O) groups is 1. The molecular formula is C18H21ClO4. The summed E-state index contributed by atoms with van der Waals surface area (Å²) in [6.45, 7) is 3.83. The Morgan fingerprint density at radius 3 is 2.57 bits per heavy atom. The van der Waals surface area contributed by atoms with Crippen molar-refractivity contribution in [1.29, 1.82) is 0 Å². The molecule has 1 aromatic rings. The molecule has 1 aliphatic heterocycles. The summed E-state index contributed by atoms with van der Waals surface area (Å²) in [5, 5.41) is 0.718. The van der Waals surface area contributed by atoms with E-state index < -0.39 is 0 Å². The first-order valence-electron chi connectivity index (χ1n) is 7.87. The molecule has 3 unspecified atom stereocenters. The third-order valence-corrected chi connectivity index (χ3v) is 5.24. The van der Waals surface area contributed by atoms with Crippen LogP contribution in [0.2, 0.25) is 5.02 Å². The smallest absolute Gasteiger partial charge is 0.207 e. The number of methoxy groups -OCH3 is 1. The summed E-state index contributed by atoms with van der Waals surface area (Å²) in [6, 6.07) is 3.66. The zero-order valence-corrected chi connectivity index (χ0v) is 14.4. The van der Waals surface area contributed by atoms with Crippen molar-refractivity contribution in [3.63, 3.8) is 0 Å². The Kier molecular flexibility index (Phi) is 4.64. The van der Waals surface area contributed by atoms with Crippen LogP contribution in [-0.4, -0.2) is 25.1 Å². The van der Waals surface area contributed by atoms with Gasteiger partial charge in [-0.1, -0.05) is 11.6 Å². The highest BCUT2D eigenvalue weighted by Crippen LogP contribution is 2.35. The molecule has 1 fully saturated rings. The van der Waals surface area contributed by atoms with E-state index >= 15 is 0 Å². The van der Waals surface area contributed by atoms with E-state index in [1.54, 1.807) is 7.11 Å². The van der Waals surface area contributed by atoms with Crippen molar-refractivity contribution >= 4 is 17.4 Å². The van der Waals surface area contributed by atoms with Gasteiger partial charge in [0.2, 0.25) is 11.5 Å². The lowest BCUT2D eigenvalue weighted by Gasteiger charge is -2.36. The maximum atomic E-state index is 12.7. The van der Waals surface area contributed by atoms with Gasteiger partial charge in [-0.25, -0.2) is 0 Å². The van der Waals surface area contributed by atoms with E-state index in [2.05, 4.69) is 0 Å². The first-order chi connectivity index (χ1) is 11.0. The van der Waals surface area contributed by atoms with Gasteiger partial charge < -0.3 is 14.2 Å². The SMILES string of the molecule is COC1CCC2C(=O)C(Oc3cc(C)c(Cl)c(C)c3)=COC2C1. The molecule has 0 N–H and O–H groups in total. The molecule has 0 aromatic heterocycles. The van der Waals surface area contributed by atoms with Gasteiger partial charge in [0.15, 0.2) is 0 Å². The maximum Gasteiger partial charge on any atom is 0.207 e. The third kappa shape index (κ3) is 3.24. The summed E-state index contributed by atoms with van der Waals surface area (Å²) in [7, 11) is 1.70. The number of hydrogen-bond donors (Lipinski definition) is 0. The van der Waals surface area contributed by atoms with Gasteiger partial charge in [-0.05, 0) is 49.9 Å². The van der Waals surface area contributed by atoms with Crippen LogP contribution in [0.15, 0.2) is 24.2 Å². The number of benzene rings is 1. The zero-order valence-electron chi connectivity index (χ0n) is 13.6. The van der Waals surface area contributed by atoms with E-state index in [1.807, 2.05) is 26.0 Å². The minimum absolute atomic E-state index is 0.0149. The van der Waals surface area contributed by atoms with Crippen LogP contribution >= 0.6 is 11.6 Å². The van der Waals surface area contributed by atoms with Crippen LogP contribution in [0, 0.1) is 19.8 Å². The quantitative estimate of drug-likeness (QED) is 0.838. The standard InChI is InChI=1S/C18H21ClO4/c1-10-6-13(7-11(2)17(10)19)23-16-9-22-15-8-12(21-3)4-5-14(15)18(16)20/h6-7,9,12,14-15H,4-5,8H2,1-3H3. The van der Waals surface area contributed by atoms with Crippen molar-refractivity contribution in [2.45, 2.75) is 45.3 Å². The number of rotatable bonds is 3. The first kappa shape index (κ1) is 16.3. The zero-order chi connectivity index (χ0) is 16.6. The Labute approximate surface area is 141 Å². The molecule has 3 rings (SSSR count). The lowest BCUT2D eigenvalue weighted by molar-refractivity contribution is -0.133. The van der Waals surface area contributed by atoms with Gasteiger partial charge in [-0.15, -0.1) is 0 Å². The second kappa shape index (κ2) is 6.54. The summed E-state index contributed by atoms with van der Waals surface area (Å²) in [4.78, 5) is 12.7. The second-order valence-corrected chi connectivity index (χ2v) is 6.65. The molecular weight excluding hydrogens is 316 g/mol. The van der Waals surface area contributed by atoms with Crippen LogP contribution in [-0.2, 0) is 14.3 Å². The van der Waals surface area contributed by atoms with Crippen molar-refractivity contribution in [3.05, 3.63) is 40.3 Å². The van der Waals surface area contributed by atoms with Crippen molar-refractivity contribution in [2.75, 3.05) is 7.11 Å². The van der Waals surface area contributed by atoms with Gasteiger partial charge in [0.1, 0.15) is 18.1 Å². The van der Waals surface area contributed by atoms with Gasteiger partial charge in [0, 0.05) is 18.6 Å². The highest BCUT2D eigenvalue weighted by Gasteiger charge is 2.41.